The van der Waals surface area contributed by atoms with Gasteiger partial charge in [0.1, 0.15) is 22.3 Å². The predicted octanol–water partition coefficient (Wildman–Crippen LogP) is 18.2. The third-order valence-electron chi connectivity index (χ3n) is 16.6. The van der Waals surface area contributed by atoms with Crippen LogP contribution >= 0.6 is 0 Å². The molecule has 2 bridgehead atoms. The van der Waals surface area contributed by atoms with Gasteiger partial charge in [0.25, 0.3) is 0 Å². The molecule has 15 aromatic rings. The van der Waals surface area contributed by atoms with Crippen molar-refractivity contribution in [2.45, 2.75) is 11.8 Å². The maximum Gasteiger partial charge on any atom is 0.164 e. The zero-order valence-electron chi connectivity index (χ0n) is 43.9. The summed E-state index contributed by atoms with van der Waals surface area (Å²) < 4.78 is 12.6. The normalized spacial score (nSPS) is 14.1. The smallest absolute Gasteiger partial charge is 0.164 e. The van der Waals surface area contributed by atoms with E-state index in [-0.39, 0.29) is 11.8 Å². The Balaban J connectivity index is 0.701. The minimum Gasteiger partial charge on any atom is -0.456 e. The molecule has 0 saturated heterocycles. The number of aromatic nitrogens is 6. The molecule has 0 saturated carbocycles. The summed E-state index contributed by atoms with van der Waals surface area (Å²) >= 11 is 0. The molecular weight excluding hydrogens is 1000 g/mol. The molecule has 0 fully saturated rings. The van der Waals surface area contributed by atoms with Crippen molar-refractivity contribution in [3.05, 3.63) is 288 Å². The lowest BCUT2D eigenvalue weighted by Gasteiger charge is -2.42. The van der Waals surface area contributed by atoms with Gasteiger partial charge in [-0.2, -0.15) is 0 Å². The molecule has 0 spiro atoms. The number of hydrogen-bond donors (Lipinski definition) is 0. The molecule has 2 unspecified atom stereocenters. The van der Waals surface area contributed by atoms with Gasteiger partial charge in [0.2, 0.25) is 0 Å². The third kappa shape index (κ3) is 7.38. The lowest BCUT2D eigenvalue weighted by Crippen LogP contribution is -2.27. The first-order chi connectivity index (χ1) is 40.6. The molecule has 382 valence electrons. The van der Waals surface area contributed by atoms with Gasteiger partial charge in [-0.3, -0.25) is 0 Å². The Bertz CT molecular complexity index is 4730. The van der Waals surface area contributed by atoms with E-state index in [1.165, 1.54) is 44.5 Å². The molecule has 0 N–H and O–H groups in total. The minimum absolute atomic E-state index is 0.0985. The Morgan fingerprint density at radius 3 is 0.963 bits per heavy atom. The van der Waals surface area contributed by atoms with Gasteiger partial charge in [0.05, 0.1) is 0 Å². The van der Waals surface area contributed by atoms with Crippen LogP contribution in [0.25, 0.3) is 134 Å². The molecule has 3 aliphatic rings. The first-order valence-electron chi connectivity index (χ1n) is 27.6. The predicted molar refractivity (Wildman–Crippen MR) is 326 cm³/mol. The van der Waals surface area contributed by atoms with Crippen molar-refractivity contribution in [1.82, 2.24) is 29.9 Å². The Morgan fingerprint density at radius 1 is 0.220 bits per heavy atom. The molecular formula is C74H44N6O2. The van der Waals surface area contributed by atoms with Crippen molar-refractivity contribution in [3.63, 3.8) is 0 Å². The summed E-state index contributed by atoms with van der Waals surface area (Å²) in [5, 5.41) is 4.03. The van der Waals surface area contributed by atoms with E-state index in [1.54, 1.807) is 0 Å². The summed E-state index contributed by atoms with van der Waals surface area (Å²) in [7, 11) is 0. The third-order valence-corrected chi connectivity index (χ3v) is 16.6. The largest absolute Gasteiger partial charge is 0.456 e. The summed E-state index contributed by atoms with van der Waals surface area (Å²) in [6, 6.07) is 89.1. The van der Waals surface area contributed by atoms with Gasteiger partial charge in [0, 0.05) is 66.8 Å². The highest BCUT2D eigenvalue weighted by Gasteiger charge is 2.41. The molecule has 4 aromatic heterocycles. The SMILES string of the molecule is c1ccc(-c2nc(-c3ccc(-c4ccc5c(c4)C4c6ccccc6C5c5cc(-c6ccc(-c7nc(-c8ccccc8)nc(-c8cccc9oc%10ccccc%10c89)n7)cc6)ccc54)cc3)nc(-c3cccc4oc5ccccc5c34)n2)cc1. The molecule has 8 heteroatoms. The highest BCUT2D eigenvalue weighted by molar-refractivity contribution is 6.13. The molecule has 82 heavy (non-hydrogen) atoms. The lowest BCUT2D eigenvalue weighted by molar-refractivity contribution is 0.668. The van der Waals surface area contributed by atoms with Crippen molar-refractivity contribution in [2.24, 2.45) is 0 Å². The first kappa shape index (κ1) is 46.0. The molecule has 2 atom stereocenters. The molecule has 11 aromatic carbocycles. The number of para-hydroxylation sites is 2. The summed E-state index contributed by atoms with van der Waals surface area (Å²) in [5.74, 6) is 3.83. The second-order valence-electron chi connectivity index (χ2n) is 21.2. The van der Waals surface area contributed by atoms with Crippen LogP contribution in [0.1, 0.15) is 45.2 Å². The fourth-order valence-corrected chi connectivity index (χ4v) is 12.8. The van der Waals surface area contributed by atoms with Gasteiger partial charge in [-0.1, -0.05) is 218 Å². The zero-order valence-corrected chi connectivity index (χ0v) is 43.9. The molecule has 0 aliphatic heterocycles. The summed E-state index contributed by atoms with van der Waals surface area (Å²) in [4.78, 5) is 30.7. The quantitative estimate of drug-likeness (QED) is 0.148. The fourth-order valence-electron chi connectivity index (χ4n) is 12.8. The van der Waals surface area contributed by atoms with Crippen molar-refractivity contribution in [2.75, 3.05) is 0 Å². The monoisotopic (exact) mass is 1050 g/mol. The van der Waals surface area contributed by atoms with Crippen molar-refractivity contribution in [1.29, 1.82) is 0 Å². The minimum atomic E-state index is 0.0985. The van der Waals surface area contributed by atoms with Crippen LogP contribution in [0.3, 0.4) is 0 Å². The molecule has 8 nitrogen and oxygen atoms in total. The van der Waals surface area contributed by atoms with Crippen molar-refractivity contribution < 1.29 is 8.83 Å². The number of rotatable bonds is 8. The maximum absolute atomic E-state index is 6.28. The van der Waals surface area contributed by atoms with Crippen LogP contribution in [0.2, 0.25) is 0 Å². The van der Waals surface area contributed by atoms with Crippen LogP contribution in [0.4, 0.5) is 0 Å². The number of fused-ring (bicyclic) bond motifs is 6. The van der Waals surface area contributed by atoms with E-state index in [0.29, 0.717) is 34.9 Å². The van der Waals surface area contributed by atoms with Crippen LogP contribution in [0, 0.1) is 0 Å². The Labute approximate surface area is 470 Å². The van der Waals surface area contributed by atoms with Gasteiger partial charge in [-0.15, -0.1) is 0 Å². The zero-order chi connectivity index (χ0) is 53.8. The molecule has 0 amide bonds. The maximum atomic E-state index is 6.28. The highest BCUT2D eigenvalue weighted by atomic mass is 16.3. The summed E-state index contributed by atoms with van der Waals surface area (Å²) in [6.07, 6.45) is 0. The van der Waals surface area contributed by atoms with Gasteiger partial charge in [-0.05, 0) is 92.0 Å². The van der Waals surface area contributed by atoms with E-state index >= 15 is 0 Å². The van der Waals surface area contributed by atoms with Crippen LogP contribution in [0.15, 0.2) is 264 Å². The van der Waals surface area contributed by atoms with Gasteiger partial charge >= 0.3 is 0 Å². The second kappa shape index (κ2) is 18.3. The van der Waals surface area contributed by atoms with Crippen LogP contribution in [-0.4, -0.2) is 29.9 Å². The van der Waals surface area contributed by atoms with E-state index in [0.717, 1.165) is 88.4 Å². The fraction of sp³-hybridized carbons (Fsp3) is 0.0270. The van der Waals surface area contributed by atoms with Crippen molar-refractivity contribution >= 4 is 43.9 Å². The van der Waals surface area contributed by atoms with Gasteiger partial charge in [-0.25, -0.2) is 29.9 Å². The van der Waals surface area contributed by atoms with Gasteiger partial charge in [0.15, 0.2) is 34.9 Å². The van der Waals surface area contributed by atoms with E-state index in [9.17, 15) is 0 Å². The van der Waals surface area contributed by atoms with Crippen LogP contribution in [-0.2, 0) is 0 Å². The van der Waals surface area contributed by atoms with E-state index in [4.69, 9.17) is 38.7 Å². The van der Waals surface area contributed by atoms with E-state index < -0.39 is 0 Å². The van der Waals surface area contributed by atoms with Crippen LogP contribution in [0.5, 0.6) is 0 Å². The highest BCUT2D eigenvalue weighted by Crippen LogP contribution is 2.57. The average Bonchev–Trinajstić information content (AvgIpc) is 2.55. The van der Waals surface area contributed by atoms with Crippen molar-refractivity contribution in [3.8, 4) is 90.6 Å². The van der Waals surface area contributed by atoms with Crippen LogP contribution < -0.4 is 0 Å². The lowest BCUT2D eigenvalue weighted by atomic mass is 9.60. The topological polar surface area (TPSA) is 104 Å². The molecule has 0 radical (unpaired) electrons. The average molecular weight is 1050 g/mol. The van der Waals surface area contributed by atoms with E-state index in [2.05, 4.69) is 133 Å². The molecule has 3 aliphatic carbocycles. The first-order valence-corrected chi connectivity index (χ1v) is 27.6. The Morgan fingerprint density at radius 2 is 0.537 bits per heavy atom. The Hall–Kier alpha value is -11.0. The number of nitrogens with zero attached hydrogens (tertiary/aromatic N) is 6. The number of furan rings is 2. The molecule has 4 heterocycles. The Kier molecular flexibility index (Phi) is 10.3. The number of benzene rings is 11. The van der Waals surface area contributed by atoms with Gasteiger partial charge < -0.3 is 8.83 Å². The summed E-state index contributed by atoms with van der Waals surface area (Å²) in [6.45, 7) is 0. The van der Waals surface area contributed by atoms with E-state index in [1.807, 2.05) is 121 Å². The standard InChI is InChI=1S/C74H44N6O2/c1-3-15-45(16-4-1)69-75-71(79-73(77-69)57-23-13-27-63-67(57)55-21-9-11-25-61(55)81-63)47-33-29-43(30-34-47)49-37-39-53-59(41-49)65-51-19-7-8-20-52(51)66(53)60-42-50(38-40-54(60)65)44-31-35-48(36-32-44)72-76-70(46-17-5-2-6-18-46)78-74(80-72)58-24-14-28-64-68(58)56-22-10-12-26-62(56)82-64/h1-42,65-66H. The second-order valence-corrected chi connectivity index (χ2v) is 21.2. The number of hydrogen-bond acceptors (Lipinski definition) is 8. The molecule has 18 rings (SSSR count). The summed E-state index contributed by atoms with van der Waals surface area (Å²) in [5.41, 5.74) is 21.5.